The third-order valence-electron chi connectivity index (χ3n) is 4.00. The minimum Gasteiger partial charge on any atom is -0.257 e. The zero-order valence-electron chi connectivity index (χ0n) is 9.01. The number of hydrogen-bond acceptors (Lipinski definition) is 2. The zero-order valence-corrected chi connectivity index (χ0v) is 9.01. The van der Waals surface area contributed by atoms with Gasteiger partial charge < -0.3 is 0 Å². The molecule has 1 heterocycles. The Morgan fingerprint density at radius 2 is 2.00 bits per heavy atom. The first-order valence-corrected chi connectivity index (χ1v) is 5.68. The van der Waals surface area contributed by atoms with Gasteiger partial charge in [-0.2, -0.15) is 0 Å². The smallest absolute Gasteiger partial charge is 0.0256 e. The van der Waals surface area contributed by atoms with Gasteiger partial charge in [-0.3, -0.25) is 10.9 Å². The first kappa shape index (κ1) is 9.47. The lowest BCUT2D eigenvalue weighted by molar-refractivity contribution is 0.114. The fraction of sp³-hybridized carbons (Fsp3) is 1.00. The third kappa shape index (κ3) is 1.62. The monoisotopic (exact) mass is 182 g/mol. The summed E-state index contributed by atoms with van der Waals surface area (Å²) in [5.41, 5.74) is 6.73. The minimum atomic E-state index is 0.753. The Labute approximate surface area is 81.4 Å². The molecule has 0 aromatic heterocycles. The summed E-state index contributed by atoms with van der Waals surface area (Å²) in [5, 5.41) is 0. The van der Waals surface area contributed by atoms with Gasteiger partial charge in [-0.1, -0.05) is 20.8 Å². The van der Waals surface area contributed by atoms with Crippen molar-refractivity contribution in [2.45, 2.75) is 39.7 Å². The summed E-state index contributed by atoms with van der Waals surface area (Å²) in [6, 6.07) is 0.753. The van der Waals surface area contributed by atoms with Gasteiger partial charge in [0.2, 0.25) is 0 Å². The van der Waals surface area contributed by atoms with E-state index in [0.29, 0.717) is 0 Å². The van der Waals surface area contributed by atoms with Crippen molar-refractivity contribution < 1.29 is 0 Å². The van der Waals surface area contributed by atoms with Crippen LogP contribution in [0.25, 0.3) is 0 Å². The van der Waals surface area contributed by atoms with E-state index in [1.165, 1.54) is 19.4 Å². The van der Waals surface area contributed by atoms with Crippen molar-refractivity contribution in [1.29, 1.82) is 0 Å². The molecule has 0 amide bonds. The average molecular weight is 182 g/mol. The van der Waals surface area contributed by atoms with E-state index in [-0.39, 0.29) is 0 Å². The van der Waals surface area contributed by atoms with Crippen LogP contribution in [0.1, 0.15) is 33.6 Å². The molecule has 2 fully saturated rings. The largest absolute Gasteiger partial charge is 0.257 e. The van der Waals surface area contributed by atoms with Crippen LogP contribution in [0.15, 0.2) is 0 Å². The highest BCUT2D eigenvalue weighted by Crippen LogP contribution is 2.40. The van der Waals surface area contributed by atoms with Crippen LogP contribution < -0.4 is 10.9 Å². The molecule has 3 unspecified atom stereocenters. The molecule has 2 N–H and O–H groups in total. The van der Waals surface area contributed by atoms with Gasteiger partial charge >= 0.3 is 0 Å². The lowest BCUT2D eigenvalue weighted by atomic mass is 9.66. The van der Waals surface area contributed by atoms with E-state index in [1.54, 1.807) is 0 Å². The van der Waals surface area contributed by atoms with Gasteiger partial charge in [-0.25, -0.2) is 0 Å². The quantitative estimate of drug-likeness (QED) is 0.646. The summed E-state index contributed by atoms with van der Waals surface area (Å²) in [5.74, 6) is 3.55. The van der Waals surface area contributed by atoms with E-state index in [9.17, 15) is 0 Å². The van der Waals surface area contributed by atoms with E-state index in [2.05, 4.69) is 31.6 Å². The molecule has 0 aromatic rings. The standard InChI is InChI=1S/C11H22N2/c1-7(2)11-8(3)4-5-10-9(11)6-12-13-10/h7-13H,4-6H2,1-3H3/t8-,9?,10?,11?/m0/s1. The molecule has 2 heteroatoms. The van der Waals surface area contributed by atoms with Crippen molar-refractivity contribution in [3.8, 4) is 0 Å². The van der Waals surface area contributed by atoms with Crippen molar-refractivity contribution in [3.63, 3.8) is 0 Å². The van der Waals surface area contributed by atoms with Gasteiger partial charge in [0.25, 0.3) is 0 Å². The average Bonchev–Trinajstić information content (AvgIpc) is 2.50. The summed E-state index contributed by atoms with van der Waals surface area (Å²) in [6.07, 6.45) is 2.76. The Balaban J connectivity index is 2.10. The van der Waals surface area contributed by atoms with Gasteiger partial charge in [0.05, 0.1) is 0 Å². The van der Waals surface area contributed by atoms with Crippen molar-refractivity contribution in [2.75, 3.05) is 6.54 Å². The van der Waals surface area contributed by atoms with E-state index in [0.717, 1.165) is 29.7 Å². The topological polar surface area (TPSA) is 24.1 Å². The van der Waals surface area contributed by atoms with Gasteiger partial charge in [0.15, 0.2) is 0 Å². The first-order chi connectivity index (χ1) is 6.20. The molecule has 1 aliphatic heterocycles. The molecule has 0 bridgehead atoms. The molecule has 13 heavy (non-hydrogen) atoms. The minimum absolute atomic E-state index is 0.753. The van der Waals surface area contributed by atoms with Crippen molar-refractivity contribution >= 4 is 0 Å². The molecule has 4 atom stereocenters. The number of hydrazine groups is 1. The van der Waals surface area contributed by atoms with Crippen LogP contribution in [0, 0.1) is 23.7 Å². The molecule has 2 aliphatic rings. The predicted molar refractivity (Wildman–Crippen MR) is 55.1 cm³/mol. The van der Waals surface area contributed by atoms with Crippen molar-refractivity contribution in [1.82, 2.24) is 10.9 Å². The van der Waals surface area contributed by atoms with Crippen LogP contribution >= 0.6 is 0 Å². The predicted octanol–water partition coefficient (Wildman–Crippen LogP) is 1.78. The maximum absolute atomic E-state index is 3.41. The number of rotatable bonds is 1. The van der Waals surface area contributed by atoms with Gasteiger partial charge in [-0.05, 0) is 36.5 Å². The Morgan fingerprint density at radius 1 is 1.23 bits per heavy atom. The molecule has 1 saturated heterocycles. The lowest BCUT2D eigenvalue weighted by Crippen LogP contribution is -2.41. The highest BCUT2D eigenvalue weighted by atomic mass is 15.4. The summed E-state index contributed by atoms with van der Waals surface area (Å²) in [4.78, 5) is 0. The van der Waals surface area contributed by atoms with Crippen LogP contribution in [0.4, 0.5) is 0 Å². The summed E-state index contributed by atoms with van der Waals surface area (Å²) < 4.78 is 0. The van der Waals surface area contributed by atoms with Crippen LogP contribution in [-0.2, 0) is 0 Å². The second kappa shape index (κ2) is 3.58. The second-order valence-corrected chi connectivity index (χ2v) is 5.17. The molecule has 0 radical (unpaired) electrons. The Kier molecular flexibility index (Phi) is 2.61. The van der Waals surface area contributed by atoms with Gasteiger partial charge in [0, 0.05) is 12.6 Å². The van der Waals surface area contributed by atoms with Crippen LogP contribution in [0.2, 0.25) is 0 Å². The van der Waals surface area contributed by atoms with E-state index >= 15 is 0 Å². The number of hydrogen-bond donors (Lipinski definition) is 2. The molecule has 2 nitrogen and oxygen atoms in total. The fourth-order valence-corrected chi connectivity index (χ4v) is 3.46. The summed E-state index contributed by atoms with van der Waals surface area (Å²) in [7, 11) is 0. The summed E-state index contributed by atoms with van der Waals surface area (Å²) in [6.45, 7) is 8.36. The molecular formula is C11H22N2. The normalized spacial score (nSPS) is 45.2. The maximum Gasteiger partial charge on any atom is 0.0256 e. The second-order valence-electron chi connectivity index (χ2n) is 5.17. The molecule has 0 aromatic carbocycles. The zero-order chi connectivity index (χ0) is 9.42. The third-order valence-corrected chi connectivity index (χ3v) is 4.00. The van der Waals surface area contributed by atoms with Crippen molar-refractivity contribution in [2.24, 2.45) is 23.7 Å². The summed E-state index contributed by atoms with van der Waals surface area (Å²) >= 11 is 0. The fourth-order valence-electron chi connectivity index (χ4n) is 3.46. The van der Waals surface area contributed by atoms with Gasteiger partial charge in [0.1, 0.15) is 0 Å². The van der Waals surface area contributed by atoms with Crippen LogP contribution in [0.5, 0.6) is 0 Å². The molecule has 76 valence electrons. The maximum atomic E-state index is 3.41. The highest BCUT2D eigenvalue weighted by molar-refractivity contribution is 4.94. The van der Waals surface area contributed by atoms with Crippen LogP contribution in [0.3, 0.4) is 0 Å². The SMILES string of the molecule is CC(C)C1C2CNNC2CC[C@@H]1C. The van der Waals surface area contributed by atoms with Gasteiger partial charge in [-0.15, -0.1) is 0 Å². The Hall–Kier alpha value is -0.0800. The number of fused-ring (bicyclic) bond motifs is 1. The molecule has 2 rings (SSSR count). The Morgan fingerprint density at radius 3 is 2.69 bits per heavy atom. The first-order valence-electron chi connectivity index (χ1n) is 5.68. The van der Waals surface area contributed by atoms with E-state index in [4.69, 9.17) is 0 Å². The lowest BCUT2D eigenvalue weighted by Gasteiger charge is -2.40. The Bertz CT molecular complexity index is 179. The molecule has 1 aliphatic carbocycles. The van der Waals surface area contributed by atoms with E-state index in [1.807, 2.05) is 0 Å². The number of nitrogens with one attached hydrogen (secondary N) is 2. The van der Waals surface area contributed by atoms with Crippen LogP contribution in [-0.4, -0.2) is 12.6 Å². The van der Waals surface area contributed by atoms with Crippen molar-refractivity contribution in [3.05, 3.63) is 0 Å². The molecular weight excluding hydrogens is 160 g/mol. The molecule has 0 spiro atoms. The van der Waals surface area contributed by atoms with E-state index < -0.39 is 0 Å². The molecule has 1 saturated carbocycles. The highest BCUT2D eigenvalue weighted by Gasteiger charge is 2.41.